The summed E-state index contributed by atoms with van der Waals surface area (Å²) in [6.45, 7) is 5.92. The first kappa shape index (κ1) is 16.3. The average molecular weight is 319 g/mol. The van der Waals surface area contributed by atoms with Gasteiger partial charge in [-0.05, 0) is 50.6 Å². The van der Waals surface area contributed by atoms with Crippen molar-refractivity contribution in [3.8, 4) is 5.75 Å². The molecule has 1 heterocycles. The summed E-state index contributed by atoms with van der Waals surface area (Å²) < 4.78 is 5.64. The Morgan fingerprint density at radius 1 is 1.32 bits per heavy atom. The topological polar surface area (TPSA) is 51.2 Å². The standard InChI is InChI=1S/C17H19ClN2O2/c1-11-7-8-15(18)16(9-11)22-13(3)17(21)19-10-14-6-4-5-12(2)20-14/h4-9,13H,10H2,1-3H3,(H,19,21). The fourth-order valence-corrected chi connectivity index (χ4v) is 2.13. The lowest BCUT2D eigenvalue weighted by Crippen LogP contribution is -2.36. The van der Waals surface area contributed by atoms with Gasteiger partial charge >= 0.3 is 0 Å². The van der Waals surface area contributed by atoms with Crippen LogP contribution in [0.2, 0.25) is 5.02 Å². The first-order chi connectivity index (χ1) is 10.5. The van der Waals surface area contributed by atoms with Crippen LogP contribution in [0, 0.1) is 13.8 Å². The second kappa shape index (κ2) is 7.27. The Hall–Kier alpha value is -2.07. The monoisotopic (exact) mass is 318 g/mol. The molecule has 2 aromatic rings. The number of carbonyl (C=O) groups excluding carboxylic acids is 1. The van der Waals surface area contributed by atoms with Crippen LogP contribution in [0.4, 0.5) is 0 Å². The van der Waals surface area contributed by atoms with E-state index in [2.05, 4.69) is 10.3 Å². The Kier molecular flexibility index (Phi) is 5.39. The minimum atomic E-state index is -0.635. The molecule has 0 aliphatic carbocycles. The summed E-state index contributed by atoms with van der Waals surface area (Å²) in [6.07, 6.45) is -0.635. The highest BCUT2D eigenvalue weighted by molar-refractivity contribution is 6.32. The van der Waals surface area contributed by atoms with Crippen molar-refractivity contribution in [2.24, 2.45) is 0 Å². The Morgan fingerprint density at radius 2 is 2.09 bits per heavy atom. The molecule has 0 radical (unpaired) electrons. The molecule has 116 valence electrons. The van der Waals surface area contributed by atoms with E-state index in [1.54, 1.807) is 13.0 Å². The van der Waals surface area contributed by atoms with E-state index in [0.717, 1.165) is 17.0 Å². The summed E-state index contributed by atoms with van der Waals surface area (Å²) in [7, 11) is 0. The molecular formula is C17H19ClN2O2. The van der Waals surface area contributed by atoms with E-state index in [0.29, 0.717) is 17.3 Å². The number of nitrogens with zero attached hydrogens (tertiary/aromatic N) is 1. The molecular weight excluding hydrogens is 300 g/mol. The van der Waals surface area contributed by atoms with Crippen LogP contribution in [-0.2, 0) is 11.3 Å². The number of amides is 1. The number of ether oxygens (including phenoxy) is 1. The molecule has 1 aromatic heterocycles. The van der Waals surface area contributed by atoms with E-state index < -0.39 is 6.10 Å². The largest absolute Gasteiger partial charge is 0.479 e. The number of aryl methyl sites for hydroxylation is 2. The Bertz CT molecular complexity index is 673. The predicted molar refractivity (Wildman–Crippen MR) is 87.1 cm³/mol. The second-order valence-electron chi connectivity index (χ2n) is 5.18. The quantitative estimate of drug-likeness (QED) is 0.918. The minimum absolute atomic E-state index is 0.208. The van der Waals surface area contributed by atoms with Gasteiger partial charge in [-0.3, -0.25) is 9.78 Å². The van der Waals surface area contributed by atoms with Gasteiger partial charge in [0.1, 0.15) is 5.75 Å². The first-order valence-electron chi connectivity index (χ1n) is 7.09. The summed E-state index contributed by atoms with van der Waals surface area (Å²) in [4.78, 5) is 16.4. The molecule has 0 saturated heterocycles. The molecule has 5 heteroatoms. The SMILES string of the molecule is Cc1ccc(Cl)c(OC(C)C(=O)NCc2cccc(C)n2)c1. The summed E-state index contributed by atoms with van der Waals surface area (Å²) >= 11 is 6.07. The van der Waals surface area contributed by atoms with Crippen molar-refractivity contribution in [3.63, 3.8) is 0 Å². The van der Waals surface area contributed by atoms with Crippen molar-refractivity contribution in [2.75, 3.05) is 0 Å². The molecule has 0 fully saturated rings. The van der Waals surface area contributed by atoms with Crippen LogP contribution in [0.25, 0.3) is 0 Å². The van der Waals surface area contributed by atoms with Crippen molar-refractivity contribution < 1.29 is 9.53 Å². The van der Waals surface area contributed by atoms with Gasteiger partial charge in [0.05, 0.1) is 17.3 Å². The Morgan fingerprint density at radius 3 is 2.82 bits per heavy atom. The minimum Gasteiger partial charge on any atom is -0.479 e. The first-order valence-corrected chi connectivity index (χ1v) is 7.46. The predicted octanol–water partition coefficient (Wildman–Crippen LogP) is 3.44. The van der Waals surface area contributed by atoms with Gasteiger partial charge in [-0.1, -0.05) is 23.7 Å². The fraction of sp³-hybridized carbons (Fsp3) is 0.294. The molecule has 1 amide bonds. The van der Waals surface area contributed by atoms with Crippen LogP contribution in [0.15, 0.2) is 36.4 Å². The molecule has 0 saturated carbocycles. The zero-order valence-electron chi connectivity index (χ0n) is 12.9. The van der Waals surface area contributed by atoms with Crippen molar-refractivity contribution in [1.82, 2.24) is 10.3 Å². The highest BCUT2D eigenvalue weighted by Gasteiger charge is 2.16. The van der Waals surface area contributed by atoms with Crippen LogP contribution >= 0.6 is 11.6 Å². The van der Waals surface area contributed by atoms with Gasteiger partial charge in [0, 0.05) is 5.69 Å². The van der Waals surface area contributed by atoms with Crippen LogP contribution in [0.3, 0.4) is 0 Å². The van der Waals surface area contributed by atoms with Crippen LogP contribution in [0.1, 0.15) is 23.9 Å². The molecule has 0 bridgehead atoms. The van der Waals surface area contributed by atoms with Gasteiger partial charge < -0.3 is 10.1 Å². The van der Waals surface area contributed by atoms with E-state index in [-0.39, 0.29) is 5.91 Å². The Labute approximate surface area is 135 Å². The van der Waals surface area contributed by atoms with Crippen LogP contribution in [0.5, 0.6) is 5.75 Å². The number of halogens is 1. The number of rotatable bonds is 5. The van der Waals surface area contributed by atoms with Crippen LogP contribution < -0.4 is 10.1 Å². The number of carbonyl (C=O) groups is 1. The highest BCUT2D eigenvalue weighted by atomic mass is 35.5. The van der Waals surface area contributed by atoms with Crippen molar-refractivity contribution >= 4 is 17.5 Å². The number of hydrogen-bond acceptors (Lipinski definition) is 3. The number of hydrogen-bond donors (Lipinski definition) is 1. The Balaban J connectivity index is 1.93. The van der Waals surface area contributed by atoms with Gasteiger partial charge in [-0.25, -0.2) is 0 Å². The molecule has 1 aromatic carbocycles. The summed E-state index contributed by atoms with van der Waals surface area (Å²) in [6, 6.07) is 11.2. The molecule has 1 unspecified atom stereocenters. The van der Waals surface area contributed by atoms with Gasteiger partial charge in [0.15, 0.2) is 6.10 Å². The lowest BCUT2D eigenvalue weighted by atomic mass is 10.2. The molecule has 2 rings (SSSR count). The molecule has 22 heavy (non-hydrogen) atoms. The van der Waals surface area contributed by atoms with E-state index >= 15 is 0 Å². The summed E-state index contributed by atoms with van der Waals surface area (Å²) in [5.74, 6) is 0.305. The van der Waals surface area contributed by atoms with Crippen molar-refractivity contribution in [1.29, 1.82) is 0 Å². The van der Waals surface area contributed by atoms with Gasteiger partial charge in [0.25, 0.3) is 5.91 Å². The third-order valence-electron chi connectivity index (χ3n) is 3.15. The second-order valence-corrected chi connectivity index (χ2v) is 5.59. The number of benzene rings is 1. The number of pyridine rings is 1. The number of aromatic nitrogens is 1. The van der Waals surface area contributed by atoms with E-state index in [1.807, 2.05) is 44.2 Å². The maximum absolute atomic E-state index is 12.1. The molecule has 4 nitrogen and oxygen atoms in total. The summed E-state index contributed by atoms with van der Waals surface area (Å²) in [5, 5.41) is 3.30. The molecule has 0 aliphatic heterocycles. The maximum Gasteiger partial charge on any atom is 0.261 e. The van der Waals surface area contributed by atoms with E-state index in [1.165, 1.54) is 0 Å². The smallest absolute Gasteiger partial charge is 0.261 e. The lowest BCUT2D eigenvalue weighted by molar-refractivity contribution is -0.127. The molecule has 1 N–H and O–H groups in total. The van der Waals surface area contributed by atoms with Gasteiger partial charge in [0.2, 0.25) is 0 Å². The number of nitrogens with one attached hydrogen (secondary N) is 1. The van der Waals surface area contributed by atoms with Crippen molar-refractivity contribution in [2.45, 2.75) is 33.4 Å². The average Bonchev–Trinajstić information content (AvgIpc) is 2.48. The summed E-state index contributed by atoms with van der Waals surface area (Å²) in [5.41, 5.74) is 2.76. The molecule has 0 aliphatic rings. The zero-order chi connectivity index (χ0) is 16.1. The van der Waals surface area contributed by atoms with Gasteiger partial charge in [-0.15, -0.1) is 0 Å². The van der Waals surface area contributed by atoms with Crippen LogP contribution in [-0.4, -0.2) is 17.0 Å². The highest BCUT2D eigenvalue weighted by Crippen LogP contribution is 2.26. The lowest BCUT2D eigenvalue weighted by Gasteiger charge is -2.16. The van der Waals surface area contributed by atoms with Crippen molar-refractivity contribution in [3.05, 3.63) is 58.4 Å². The molecule has 0 spiro atoms. The third kappa shape index (κ3) is 4.46. The normalized spacial score (nSPS) is 11.8. The zero-order valence-corrected chi connectivity index (χ0v) is 13.6. The fourth-order valence-electron chi connectivity index (χ4n) is 1.96. The maximum atomic E-state index is 12.1. The molecule has 1 atom stereocenters. The van der Waals surface area contributed by atoms with Gasteiger partial charge in [-0.2, -0.15) is 0 Å². The van der Waals surface area contributed by atoms with E-state index in [4.69, 9.17) is 16.3 Å². The van der Waals surface area contributed by atoms with E-state index in [9.17, 15) is 4.79 Å². The third-order valence-corrected chi connectivity index (χ3v) is 3.46.